The molecule has 0 aliphatic carbocycles. The summed E-state index contributed by atoms with van der Waals surface area (Å²) in [6.45, 7) is 13.1. The second-order valence-electron chi connectivity index (χ2n) is 6.15. The number of nitrogens with zero attached hydrogens (tertiary/aromatic N) is 1. The van der Waals surface area contributed by atoms with Crippen LogP contribution in [0.5, 0.6) is 5.75 Å². The van der Waals surface area contributed by atoms with E-state index < -0.39 is 0 Å². The number of carbonyl (C=O) groups is 2. The molecule has 0 saturated carbocycles. The van der Waals surface area contributed by atoms with Gasteiger partial charge < -0.3 is 9.64 Å². The molecule has 174 valence electrons. The Morgan fingerprint density at radius 1 is 1.09 bits per heavy atom. The Hall–Kier alpha value is -3.11. The van der Waals surface area contributed by atoms with Gasteiger partial charge in [0, 0.05) is 23.3 Å². The number of allylic oxidation sites excluding steroid dienone is 3. The maximum Gasteiger partial charge on any atom is 0.264 e. The minimum absolute atomic E-state index is 0. The van der Waals surface area contributed by atoms with Crippen LogP contribution >= 0.6 is 11.6 Å². The van der Waals surface area contributed by atoms with E-state index in [1.54, 1.807) is 62.5 Å². The average molecular weight is 458 g/mol. The summed E-state index contributed by atoms with van der Waals surface area (Å²) in [6.07, 6.45) is 3.29. The van der Waals surface area contributed by atoms with Crippen molar-refractivity contribution >= 4 is 23.3 Å². The van der Waals surface area contributed by atoms with Gasteiger partial charge in [0.15, 0.2) is 12.4 Å². The molecule has 0 fully saturated rings. The first-order valence-corrected chi connectivity index (χ1v) is 10.00. The van der Waals surface area contributed by atoms with Gasteiger partial charge in [0.05, 0.1) is 5.56 Å². The molecule has 0 radical (unpaired) electrons. The topological polar surface area (TPSA) is 46.6 Å². The SMILES string of the molecule is C.C.C=C/C=C(\C(=C)C)N(C)C(=O)COc1ccc(Cl)cc1C(=O)c1ccccc1.CC. The van der Waals surface area contributed by atoms with Crippen molar-refractivity contribution in [3.05, 3.63) is 101 Å². The number of ether oxygens (including phenoxy) is 1. The van der Waals surface area contributed by atoms with Crippen LogP contribution in [0.4, 0.5) is 0 Å². The number of benzene rings is 2. The normalized spacial score (nSPS) is 9.72. The molecule has 0 heterocycles. The Bertz CT molecular complexity index is 933. The average Bonchev–Trinajstić information content (AvgIpc) is 2.77. The Morgan fingerprint density at radius 2 is 1.69 bits per heavy atom. The molecule has 0 saturated heterocycles. The van der Waals surface area contributed by atoms with Gasteiger partial charge in [-0.15, -0.1) is 0 Å². The second-order valence-corrected chi connectivity index (χ2v) is 6.58. The Labute approximate surface area is 198 Å². The highest BCUT2D eigenvalue weighted by Crippen LogP contribution is 2.26. The summed E-state index contributed by atoms with van der Waals surface area (Å²) < 4.78 is 5.67. The number of ketones is 1. The van der Waals surface area contributed by atoms with Crippen molar-refractivity contribution in [1.29, 1.82) is 0 Å². The van der Waals surface area contributed by atoms with Crippen LogP contribution in [0.1, 0.15) is 51.5 Å². The zero-order valence-corrected chi connectivity index (χ0v) is 18.7. The predicted molar refractivity (Wildman–Crippen MR) is 137 cm³/mol. The van der Waals surface area contributed by atoms with Crippen LogP contribution in [0, 0.1) is 0 Å². The van der Waals surface area contributed by atoms with Crippen LogP contribution in [0.25, 0.3) is 0 Å². The third-order valence-electron chi connectivity index (χ3n) is 4.02. The van der Waals surface area contributed by atoms with Crippen molar-refractivity contribution in [3.63, 3.8) is 0 Å². The maximum absolute atomic E-state index is 12.8. The molecule has 0 bridgehead atoms. The highest BCUT2D eigenvalue weighted by molar-refractivity contribution is 6.31. The zero-order valence-electron chi connectivity index (χ0n) is 17.9. The number of halogens is 1. The van der Waals surface area contributed by atoms with E-state index in [0.29, 0.717) is 27.6 Å². The molecule has 0 unspecified atom stereocenters. The summed E-state index contributed by atoms with van der Waals surface area (Å²) in [6, 6.07) is 13.6. The van der Waals surface area contributed by atoms with Crippen LogP contribution < -0.4 is 4.74 Å². The highest BCUT2D eigenvalue weighted by Gasteiger charge is 2.18. The summed E-state index contributed by atoms with van der Waals surface area (Å²) in [5.74, 6) is -0.221. The van der Waals surface area contributed by atoms with Gasteiger partial charge in [-0.05, 0) is 36.8 Å². The Balaban J connectivity index is 0. The number of likely N-dealkylation sites (N-methyl/N-ethyl adjacent to an activating group) is 1. The van der Waals surface area contributed by atoms with E-state index in [0.717, 1.165) is 5.57 Å². The monoisotopic (exact) mass is 457 g/mol. The fourth-order valence-corrected chi connectivity index (χ4v) is 2.75. The first kappa shape index (κ1) is 31.1. The fraction of sp³-hybridized carbons (Fsp3) is 0.259. The molecule has 0 aromatic heterocycles. The third-order valence-corrected chi connectivity index (χ3v) is 4.26. The summed E-state index contributed by atoms with van der Waals surface area (Å²) >= 11 is 6.06. The molecule has 0 aliphatic rings. The van der Waals surface area contributed by atoms with Gasteiger partial charge in [-0.2, -0.15) is 0 Å². The molecule has 2 rings (SSSR count). The number of rotatable bonds is 8. The lowest BCUT2D eigenvalue weighted by Crippen LogP contribution is -2.31. The molecule has 0 N–H and O–H groups in total. The van der Waals surface area contributed by atoms with Gasteiger partial charge in [-0.1, -0.05) is 89.9 Å². The van der Waals surface area contributed by atoms with Gasteiger partial charge in [0.2, 0.25) is 0 Å². The molecule has 32 heavy (non-hydrogen) atoms. The fourth-order valence-electron chi connectivity index (χ4n) is 2.57. The van der Waals surface area contributed by atoms with E-state index in [1.165, 1.54) is 11.0 Å². The molecule has 1 amide bonds. The van der Waals surface area contributed by atoms with Crippen LogP contribution in [0.15, 0.2) is 85.1 Å². The summed E-state index contributed by atoms with van der Waals surface area (Å²) in [5, 5.41) is 0.411. The molecule has 2 aromatic carbocycles. The smallest absolute Gasteiger partial charge is 0.264 e. The van der Waals surface area contributed by atoms with Crippen molar-refractivity contribution < 1.29 is 14.3 Å². The number of amides is 1. The van der Waals surface area contributed by atoms with Crippen LogP contribution in [0.2, 0.25) is 5.02 Å². The van der Waals surface area contributed by atoms with E-state index >= 15 is 0 Å². The molecule has 4 nitrogen and oxygen atoms in total. The van der Waals surface area contributed by atoms with E-state index in [2.05, 4.69) is 13.2 Å². The second kappa shape index (κ2) is 15.7. The molecule has 0 spiro atoms. The van der Waals surface area contributed by atoms with Crippen molar-refractivity contribution in [2.45, 2.75) is 35.6 Å². The lowest BCUT2D eigenvalue weighted by atomic mass is 10.0. The number of carbonyl (C=O) groups excluding carboxylic acids is 2. The minimum Gasteiger partial charge on any atom is -0.483 e. The Morgan fingerprint density at radius 3 is 2.22 bits per heavy atom. The lowest BCUT2D eigenvalue weighted by Gasteiger charge is -2.21. The quantitative estimate of drug-likeness (QED) is 0.307. The predicted octanol–water partition coefficient (Wildman–Crippen LogP) is 7.35. The van der Waals surface area contributed by atoms with Crippen molar-refractivity contribution in [2.24, 2.45) is 0 Å². The molecular weight excluding hydrogens is 422 g/mol. The van der Waals surface area contributed by atoms with E-state index in [4.69, 9.17) is 16.3 Å². The standard InChI is InChI=1S/C23H22ClNO3.C2H6.2CH4/c1-5-9-20(16(2)3)25(4)22(26)15-28-21-13-12-18(24)14-19(21)23(27)17-10-7-6-8-11-17;1-2;;/h5-14H,1-2,15H2,3-4H3;1-2H3;2*1H4/b20-9+;;;. The van der Waals surface area contributed by atoms with Gasteiger partial charge in [0.1, 0.15) is 5.75 Å². The van der Waals surface area contributed by atoms with Gasteiger partial charge in [0.25, 0.3) is 5.91 Å². The molecule has 5 heteroatoms. The summed E-state index contributed by atoms with van der Waals surface area (Å²) in [5.41, 5.74) is 2.18. The summed E-state index contributed by atoms with van der Waals surface area (Å²) in [7, 11) is 1.63. The minimum atomic E-state index is -0.288. The maximum atomic E-state index is 12.8. The van der Waals surface area contributed by atoms with Crippen LogP contribution in [0.3, 0.4) is 0 Å². The first-order valence-electron chi connectivity index (χ1n) is 9.62. The van der Waals surface area contributed by atoms with Crippen molar-refractivity contribution in [2.75, 3.05) is 13.7 Å². The molecule has 0 atom stereocenters. The zero-order chi connectivity index (χ0) is 22.7. The van der Waals surface area contributed by atoms with Crippen molar-refractivity contribution in [3.8, 4) is 5.75 Å². The van der Waals surface area contributed by atoms with Crippen LogP contribution in [-0.4, -0.2) is 30.2 Å². The van der Waals surface area contributed by atoms with Crippen LogP contribution in [-0.2, 0) is 4.79 Å². The number of hydrogen-bond donors (Lipinski definition) is 0. The largest absolute Gasteiger partial charge is 0.483 e. The van der Waals surface area contributed by atoms with Crippen molar-refractivity contribution in [1.82, 2.24) is 4.90 Å². The third kappa shape index (κ3) is 8.56. The van der Waals surface area contributed by atoms with E-state index in [1.807, 2.05) is 19.9 Å². The van der Waals surface area contributed by atoms with Gasteiger partial charge in [-0.3, -0.25) is 9.59 Å². The summed E-state index contributed by atoms with van der Waals surface area (Å²) in [4.78, 5) is 26.8. The molecule has 2 aromatic rings. The van der Waals surface area contributed by atoms with E-state index in [-0.39, 0.29) is 33.2 Å². The molecule has 0 aliphatic heterocycles. The van der Waals surface area contributed by atoms with Gasteiger partial charge in [-0.25, -0.2) is 0 Å². The molecular formula is C27H36ClNO3. The van der Waals surface area contributed by atoms with Gasteiger partial charge >= 0.3 is 0 Å². The highest BCUT2D eigenvalue weighted by atomic mass is 35.5. The Kier molecular flexibility index (Phi) is 15.2. The lowest BCUT2D eigenvalue weighted by molar-refractivity contribution is -0.130. The van der Waals surface area contributed by atoms with E-state index in [9.17, 15) is 9.59 Å². The first-order chi connectivity index (χ1) is 14.3. The number of hydrogen-bond acceptors (Lipinski definition) is 3.